The molecule has 27 heavy (non-hydrogen) atoms. The summed E-state index contributed by atoms with van der Waals surface area (Å²) in [6, 6.07) is 3.15. The first-order valence-electron chi connectivity index (χ1n) is 8.18. The average Bonchev–Trinajstić information content (AvgIpc) is 2.89. The Balaban J connectivity index is 2.00. The average molecular weight is 397 g/mol. The summed E-state index contributed by atoms with van der Waals surface area (Å²) in [5.74, 6) is 0.611. The van der Waals surface area contributed by atoms with E-state index >= 15 is 0 Å². The van der Waals surface area contributed by atoms with E-state index in [4.69, 9.17) is 21.1 Å². The number of aryl methyl sites for hydroxylation is 2. The lowest BCUT2D eigenvalue weighted by molar-refractivity contribution is -0.386. The first kappa shape index (κ1) is 20.5. The molecule has 1 N–H and O–H groups in total. The lowest BCUT2D eigenvalue weighted by atomic mass is 10.2. The number of hydrogen-bond acceptors (Lipinski definition) is 6. The van der Waals surface area contributed by atoms with Gasteiger partial charge in [-0.15, -0.1) is 0 Å². The molecule has 0 spiro atoms. The van der Waals surface area contributed by atoms with Gasteiger partial charge in [-0.3, -0.25) is 19.6 Å². The number of anilines is 1. The van der Waals surface area contributed by atoms with Crippen molar-refractivity contribution in [2.24, 2.45) is 0 Å². The number of amides is 1. The number of carbonyl (C=O) groups is 1. The van der Waals surface area contributed by atoms with Crippen molar-refractivity contribution in [2.75, 3.05) is 19.5 Å². The van der Waals surface area contributed by atoms with Crippen molar-refractivity contribution in [3.8, 4) is 11.5 Å². The summed E-state index contributed by atoms with van der Waals surface area (Å²) < 4.78 is 11.9. The first-order chi connectivity index (χ1) is 12.8. The van der Waals surface area contributed by atoms with Crippen LogP contribution in [-0.2, 0) is 11.3 Å². The molecule has 0 saturated heterocycles. The molecule has 1 aromatic carbocycles. The molecule has 2 rings (SSSR count). The Labute approximate surface area is 161 Å². The van der Waals surface area contributed by atoms with Gasteiger partial charge in [0.05, 0.1) is 29.9 Å². The van der Waals surface area contributed by atoms with E-state index in [0.29, 0.717) is 46.6 Å². The molecular formula is C17H21ClN4O5. The normalized spacial score (nSPS) is 10.6. The third-order valence-electron chi connectivity index (χ3n) is 4.05. The van der Waals surface area contributed by atoms with Crippen LogP contribution >= 0.6 is 11.6 Å². The highest BCUT2D eigenvalue weighted by Crippen LogP contribution is 2.35. The van der Waals surface area contributed by atoms with Crippen LogP contribution in [0.1, 0.15) is 24.2 Å². The number of carbonyl (C=O) groups excluding carboxylic acids is 1. The Hall–Kier alpha value is -2.81. The van der Waals surface area contributed by atoms with Gasteiger partial charge in [0.1, 0.15) is 22.9 Å². The number of hydrogen-bond donors (Lipinski definition) is 1. The lowest BCUT2D eigenvalue weighted by Crippen LogP contribution is -2.14. The molecule has 0 aliphatic carbocycles. The quantitative estimate of drug-likeness (QED) is 0.540. The van der Waals surface area contributed by atoms with Crippen molar-refractivity contribution in [2.45, 2.75) is 33.2 Å². The van der Waals surface area contributed by atoms with Gasteiger partial charge in [-0.2, -0.15) is 5.10 Å². The zero-order valence-corrected chi connectivity index (χ0v) is 16.3. The van der Waals surface area contributed by atoms with Crippen LogP contribution in [-0.4, -0.2) is 34.8 Å². The van der Waals surface area contributed by atoms with Crippen LogP contribution in [0.5, 0.6) is 11.5 Å². The summed E-state index contributed by atoms with van der Waals surface area (Å²) >= 11 is 6.04. The van der Waals surface area contributed by atoms with E-state index in [1.54, 1.807) is 30.7 Å². The van der Waals surface area contributed by atoms with Crippen LogP contribution < -0.4 is 14.8 Å². The van der Waals surface area contributed by atoms with Gasteiger partial charge in [0.25, 0.3) is 0 Å². The molecule has 0 aliphatic heterocycles. The molecule has 1 aromatic heterocycles. The molecule has 146 valence electrons. The second-order valence-corrected chi connectivity index (χ2v) is 6.25. The fraction of sp³-hybridized carbons (Fsp3) is 0.412. The topological polar surface area (TPSA) is 109 Å². The van der Waals surface area contributed by atoms with Crippen molar-refractivity contribution in [1.29, 1.82) is 0 Å². The number of rotatable bonds is 8. The van der Waals surface area contributed by atoms with Crippen LogP contribution in [0.25, 0.3) is 0 Å². The van der Waals surface area contributed by atoms with E-state index in [2.05, 4.69) is 10.4 Å². The smallest absolute Gasteiger partial charge is 0.312 e. The maximum atomic E-state index is 12.2. The number of aromatic nitrogens is 2. The Kier molecular flexibility index (Phi) is 6.62. The van der Waals surface area contributed by atoms with Crippen LogP contribution in [0, 0.1) is 24.0 Å². The monoisotopic (exact) mass is 396 g/mol. The maximum absolute atomic E-state index is 12.2. The minimum atomic E-state index is -0.443. The standard InChI is InChI=1S/C17H21ClN4O5/c1-10-17(22(24)25)11(2)21(20-10)7-5-6-16(23)19-13-9-14(26-3)12(18)8-15(13)27-4/h8-9H,5-7H2,1-4H3,(H,19,23). The summed E-state index contributed by atoms with van der Waals surface area (Å²) in [6.45, 7) is 3.63. The van der Waals surface area contributed by atoms with Gasteiger partial charge < -0.3 is 14.8 Å². The van der Waals surface area contributed by atoms with E-state index in [1.165, 1.54) is 14.2 Å². The van der Waals surface area contributed by atoms with Crippen LogP contribution in [0.3, 0.4) is 0 Å². The number of halogens is 1. The number of ether oxygens (including phenoxy) is 2. The maximum Gasteiger partial charge on any atom is 0.312 e. The molecule has 0 bridgehead atoms. The van der Waals surface area contributed by atoms with E-state index in [1.807, 2.05) is 0 Å². The Bertz CT molecular complexity index is 865. The molecular weight excluding hydrogens is 376 g/mol. The van der Waals surface area contributed by atoms with Crippen LogP contribution in [0.15, 0.2) is 12.1 Å². The van der Waals surface area contributed by atoms with Gasteiger partial charge >= 0.3 is 5.69 Å². The summed E-state index contributed by atoms with van der Waals surface area (Å²) in [4.78, 5) is 22.8. The molecule has 0 radical (unpaired) electrons. The van der Waals surface area contributed by atoms with E-state index < -0.39 is 4.92 Å². The molecule has 0 atom stereocenters. The number of benzene rings is 1. The van der Waals surface area contributed by atoms with Gasteiger partial charge in [-0.1, -0.05) is 11.6 Å². The van der Waals surface area contributed by atoms with Gasteiger partial charge in [0, 0.05) is 25.1 Å². The Morgan fingerprint density at radius 3 is 2.52 bits per heavy atom. The highest BCUT2D eigenvalue weighted by Gasteiger charge is 2.21. The summed E-state index contributed by atoms with van der Waals surface area (Å²) in [5, 5.41) is 18.3. The minimum absolute atomic E-state index is 0.0115. The van der Waals surface area contributed by atoms with Gasteiger partial charge in [0.15, 0.2) is 0 Å². The minimum Gasteiger partial charge on any atom is -0.495 e. The number of methoxy groups -OCH3 is 2. The molecule has 1 heterocycles. The predicted molar refractivity (Wildman–Crippen MR) is 101 cm³/mol. The number of nitrogens with zero attached hydrogens (tertiary/aromatic N) is 3. The van der Waals surface area contributed by atoms with Crippen LogP contribution in [0.2, 0.25) is 5.02 Å². The summed E-state index contributed by atoms with van der Waals surface area (Å²) in [5.41, 5.74) is 1.30. The fourth-order valence-electron chi connectivity index (χ4n) is 2.73. The van der Waals surface area contributed by atoms with Crippen molar-refractivity contribution in [3.63, 3.8) is 0 Å². The van der Waals surface area contributed by atoms with Crippen molar-refractivity contribution in [1.82, 2.24) is 9.78 Å². The molecule has 0 saturated carbocycles. The Morgan fingerprint density at radius 2 is 1.96 bits per heavy atom. The zero-order valence-electron chi connectivity index (χ0n) is 15.5. The first-order valence-corrected chi connectivity index (χ1v) is 8.56. The van der Waals surface area contributed by atoms with Crippen LogP contribution in [0.4, 0.5) is 11.4 Å². The second kappa shape index (κ2) is 8.72. The molecule has 10 heteroatoms. The summed E-state index contributed by atoms with van der Waals surface area (Å²) in [6.07, 6.45) is 0.679. The third-order valence-corrected chi connectivity index (χ3v) is 4.34. The third kappa shape index (κ3) is 4.68. The molecule has 2 aromatic rings. The van der Waals surface area contributed by atoms with Gasteiger partial charge in [-0.25, -0.2) is 0 Å². The van der Waals surface area contributed by atoms with E-state index in [0.717, 1.165) is 0 Å². The predicted octanol–water partition coefficient (Wildman–Crippen LogP) is 3.50. The molecule has 1 amide bonds. The molecule has 9 nitrogen and oxygen atoms in total. The molecule has 0 fully saturated rings. The number of nitrogens with one attached hydrogen (secondary N) is 1. The van der Waals surface area contributed by atoms with E-state index in [9.17, 15) is 14.9 Å². The number of nitro groups is 1. The molecule has 0 aliphatic rings. The van der Waals surface area contributed by atoms with Crippen molar-refractivity contribution < 1.29 is 19.2 Å². The van der Waals surface area contributed by atoms with E-state index in [-0.39, 0.29) is 18.0 Å². The van der Waals surface area contributed by atoms with Gasteiger partial charge in [0.2, 0.25) is 5.91 Å². The van der Waals surface area contributed by atoms with Crippen molar-refractivity contribution >= 4 is 28.9 Å². The summed E-state index contributed by atoms with van der Waals surface area (Å²) in [7, 11) is 2.95. The largest absolute Gasteiger partial charge is 0.495 e. The van der Waals surface area contributed by atoms with Gasteiger partial charge in [-0.05, 0) is 20.3 Å². The lowest BCUT2D eigenvalue weighted by Gasteiger charge is -2.13. The van der Waals surface area contributed by atoms with Crippen molar-refractivity contribution in [3.05, 3.63) is 38.7 Å². The fourth-order valence-corrected chi connectivity index (χ4v) is 2.96. The highest BCUT2D eigenvalue weighted by molar-refractivity contribution is 6.32. The highest BCUT2D eigenvalue weighted by atomic mass is 35.5. The SMILES string of the molecule is COc1cc(NC(=O)CCCn2nc(C)c([N+](=O)[O-])c2C)c(OC)cc1Cl. The molecule has 0 unspecified atom stereocenters. The Morgan fingerprint density at radius 1 is 1.30 bits per heavy atom. The second-order valence-electron chi connectivity index (χ2n) is 5.84. The zero-order chi connectivity index (χ0) is 20.1.